The van der Waals surface area contributed by atoms with Gasteiger partial charge in [0.15, 0.2) is 0 Å². The Hall–Kier alpha value is -2.47. The second-order valence-electron chi connectivity index (χ2n) is 7.11. The maximum atomic E-state index is 12.5. The Morgan fingerprint density at radius 3 is 2.43 bits per heavy atom. The molecule has 1 fully saturated rings. The van der Waals surface area contributed by atoms with Crippen LogP contribution < -0.4 is 15.1 Å². The van der Waals surface area contributed by atoms with E-state index in [1.54, 1.807) is 11.8 Å². The summed E-state index contributed by atoms with van der Waals surface area (Å²) in [5.74, 6) is 0.627. The van der Waals surface area contributed by atoms with Gasteiger partial charge in [-0.05, 0) is 48.4 Å². The van der Waals surface area contributed by atoms with Gasteiger partial charge in [0.05, 0.1) is 5.75 Å². The zero-order valence-corrected chi connectivity index (χ0v) is 17.5. The summed E-state index contributed by atoms with van der Waals surface area (Å²) in [4.78, 5) is 28.3. The lowest BCUT2D eigenvalue weighted by atomic mass is 10.1. The van der Waals surface area contributed by atoms with Crippen LogP contribution in [0.15, 0.2) is 48.5 Å². The lowest BCUT2D eigenvalue weighted by Crippen LogP contribution is -2.27. The van der Waals surface area contributed by atoms with E-state index in [0.29, 0.717) is 12.2 Å². The first-order chi connectivity index (χ1) is 13.5. The molecule has 0 unspecified atom stereocenters. The molecule has 1 heterocycles. The number of amides is 2. The van der Waals surface area contributed by atoms with Gasteiger partial charge in [0.1, 0.15) is 5.37 Å². The molecular formula is C22H27N3O2S. The summed E-state index contributed by atoms with van der Waals surface area (Å²) in [5.41, 5.74) is 3.85. The smallest absolute Gasteiger partial charge is 0.238 e. The van der Waals surface area contributed by atoms with Crippen molar-refractivity contribution in [1.82, 2.24) is 0 Å². The molecule has 0 bridgehead atoms. The molecule has 3 rings (SSSR count). The van der Waals surface area contributed by atoms with Gasteiger partial charge in [0, 0.05) is 37.6 Å². The first kappa shape index (κ1) is 20.3. The molecule has 28 heavy (non-hydrogen) atoms. The number of carbonyl (C=O) groups is 2. The minimum absolute atomic E-state index is 0.0441. The first-order valence-corrected chi connectivity index (χ1v) is 10.7. The molecule has 6 heteroatoms. The van der Waals surface area contributed by atoms with Crippen LogP contribution in [-0.4, -0.2) is 31.7 Å². The highest BCUT2D eigenvalue weighted by Crippen LogP contribution is 2.42. The van der Waals surface area contributed by atoms with Crippen LogP contribution in [0.3, 0.4) is 0 Å². The zero-order valence-electron chi connectivity index (χ0n) is 16.6. The van der Waals surface area contributed by atoms with E-state index in [9.17, 15) is 9.59 Å². The van der Waals surface area contributed by atoms with Crippen molar-refractivity contribution in [2.45, 2.75) is 31.6 Å². The number of unbranched alkanes of at least 4 members (excludes halogenated alkanes) is 1. The molecule has 1 atom stereocenters. The highest BCUT2D eigenvalue weighted by atomic mass is 32.2. The number of anilines is 3. The van der Waals surface area contributed by atoms with E-state index in [1.807, 2.05) is 72.4 Å². The van der Waals surface area contributed by atoms with Crippen LogP contribution in [0.5, 0.6) is 0 Å². The molecule has 148 valence electrons. The summed E-state index contributed by atoms with van der Waals surface area (Å²) in [7, 11) is 3.99. The van der Waals surface area contributed by atoms with Crippen LogP contribution in [0.4, 0.5) is 17.1 Å². The third kappa shape index (κ3) is 4.68. The van der Waals surface area contributed by atoms with Crippen LogP contribution >= 0.6 is 11.8 Å². The quantitative estimate of drug-likeness (QED) is 0.738. The van der Waals surface area contributed by atoms with E-state index < -0.39 is 0 Å². The Morgan fingerprint density at radius 2 is 1.82 bits per heavy atom. The maximum Gasteiger partial charge on any atom is 0.238 e. The van der Waals surface area contributed by atoms with Crippen LogP contribution in [0.25, 0.3) is 0 Å². The normalized spacial score (nSPS) is 16.3. The average Bonchev–Trinajstić information content (AvgIpc) is 3.08. The fraction of sp³-hybridized carbons (Fsp3) is 0.364. The molecule has 0 saturated carbocycles. The Kier molecular flexibility index (Phi) is 6.62. The van der Waals surface area contributed by atoms with Crippen molar-refractivity contribution < 1.29 is 9.59 Å². The fourth-order valence-electron chi connectivity index (χ4n) is 3.15. The van der Waals surface area contributed by atoms with Crippen molar-refractivity contribution in [3.05, 3.63) is 54.1 Å². The minimum Gasteiger partial charge on any atom is -0.378 e. The van der Waals surface area contributed by atoms with Crippen LogP contribution in [0, 0.1) is 0 Å². The molecule has 1 aliphatic rings. The van der Waals surface area contributed by atoms with Gasteiger partial charge in [-0.3, -0.25) is 14.5 Å². The third-order valence-electron chi connectivity index (χ3n) is 4.75. The van der Waals surface area contributed by atoms with Crippen molar-refractivity contribution in [1.29, 1.82) is 0 Å². The second-order valence-corrected chi connectivity index (χ2v) is 8.18. The Labute approximate surface area is 171 Å². The van der Waals surface area contributed by atoms with E-state index in [4.69, 9.17) is 0 Å². The van der Waals surface area contributed by atoms with E-state index in [0.717, 1.165) is 35.5 Å². The van der Waals surface area contributed by atoms with Gasteiger partial charge in [-0.2, -0.15) is 0 Å². The SMILES string of the molecule is CCCCC(=O)Nc1ccc([C@H]2SCC(=O)N2c2ccc(N(C)C)cc2)cc1. The van der Waals surface area contributed by atoms with Crippen molar-refractivity contribution in [3.63, 3.8) is 0 Å². The number of benzene rings is 2. The third-order valence-corrected chi connectivity index (χ3v) is 5.96. The molecule has 0 radical (unpaired) electrons. The molecule has 0 aliphatic carbocycles. The number of nitrogens with zero attached hydrogens (tertiary/aromatic N) is 2. The number of thioether (sulfide) groups is 1. The summed E-state index contributed by atoms with van der Waals surface area (Å²) >= 11 is 1.63. The molecule has 5 nitrogen and oxygen atoms in total. The van der Waals surface area contributed by atoms with Gasteiger partial charge < -0.3 is 10.2 Å². The Bertz CT molecular complexity index is 819. The van der Waals surface area contributed by atoms with Crippen molar-refractivity contribution in [2.24, 2.45) is 0 Å². The Balaban J connectivity index is 1.74. The van der Waals surface area contributed by atoms with Gasteiger partial charge >= 0.3 is 0 Å². The first-order valence-electron chi connectivity index (χ1n) is 9.60. The molecule has 1 N–H and O–H groups in total. The fourth-order valence-corrected chi connectivity index (χ4v) is 4.33. The van der Waals surface area contributed by atoms with Gasteiger partial charge in [0.2, 0.25) is 11.8 Å². The summed E-state index contributed by atoms with van der Waals surface area (Å²) in [6.45, 7) is 2.07. The number of rotatable bonds is 7. The lowest BCUT2D eigenvalue weighted by molar-refractivity contribution is -0.116. The van der Waals surface area contributed by atoms with Crippen molar-refractivity contribution in [2.75, 3.05) is 35.0 Å². The summed E-state index contributed by atoms with van der Waals surface area (Å²) < 4.78 is 0. The number of hydrogen-bond acceptors (Lipinski definition) is 4. The predicted octanol–water partition coefficient (Wildman–Crippen LogP) is 4.66. The molecule has 1 aliphatic heterocycles. The predicted molar refractivity (Wildman–Crippen MR) is 118 cm³/mol. The van der Waals surface area contributed by atoms with Gasteiger partial charge in [-0.25, -0.2) is 0 Å². The van der Waals surface area contributed by atoms with Gasteiger partial charge in [-0.1, -0.05) is 25.5 Å². The molecule has 0 spiro atoms. The molecule has 2 aromatic rings. The van der Waals surface area contributed by atoms with Crippen molar-refractivity contribution >= 4 is 40.6 Å². The highest BCUT2D eigenvalue weighted by molar-refractivity contribution is 8.00. The molecule has 1 saturated heterocycles. The molecular weight excluding hydrogens is 370 g/mol. The van der Waals surface area contributed by atoms with Crippen LogP contribution in [0.2, 0.25) is 0 Å². The molecule has 0 aromatic heterocycles. The van der Waals surface area contributed by atoms with Crippen LogP contribution in [-0.2, 0) is 9.59 Å². The monoisotopic (exact) mass is 397 g/mol. The summed E-state index contributed by atoms with van der Waals surface area (Å²) in [6, 6.07) is 15.9. The molecule has 2 amide bonds. The second kappa shape index (κ2) is 9.15. The lowest BCUT2D eigenvalue weighted by Gasteiger charge is -2.25. The average molecular weight is 398 g/mol. The molecule has 2 aromatic carbocycles. The Morgan fingerprint density at radius 1 is 1.14 bits per heavy atom. The standard InChI is InChI=1S/C22H27N3O2S/c1-4-5-6-20(26)23-17-9-7-16(8-10-17)22-25(21(27)15-28-22)19-13-11-18(12-14-19)24(2)3/h7-14,22H,4-6,15H2,1-3H3,(H,23,26)/t22-/m1/s1. The number of nitrogens with one attached hydrogen (secondary N) is 1. The van der Waals surface area contributed by atoms with E-state index >= 15 is 0 Å². The summed E-state index contributed by atoms with van der Waals surface area (Å²) in [5, 5.41) is 2.88. The van der Waals surface area contributed by atoms with Crippen LogP contribution in [0.1, 0.15) is 37.1 Å². The summed E-state index contributed by atoms with van der Waals surface area (Å²) in [6.07, 6.45) is 2.44. The van der Waals surface area contributed by atoms with E-state index in [-0.39, 0.29) is 17.2 Å². The zero-order chi connectivity index (χ0) is 20.1. The van der Waals surface area contributed by atoms with E-state index in [1.165, 1.54) is 0 Å². The maximum absolute atomic E-state index is 12.5. The highest BCUT2D eigenvalue weighted by Gasteiger charge is 2.34. The van der Waals surface area contributed by atoms with Gasteiger partial charge in [-0.15, -0.1) is 11.8 Å². The van der Waals surface area contributed by atoms with Gasteiger partial charge in [0.25, 0.3) is 0 Å². The largest absolute Gasteiger partial charge is 0.378 e. The number of carbonyl (C=O) groups excluding carboxylic acids is 2. The topological polar surface area (TPSA) is 52.7 Å². The van der Waals surface area contributed by atoms with E-state index in [2.05, 4.69) is 12.2 Å². The van der Waals surface area contributed by atoms with Crippen molar-refractivity contribution in [3.8, 4) is 0 Å². The minimum atomic E-state index is -0.0532. The number of hydrogen-bond donors (Lipinski definition) is 1.